The predicted molar refractivity (Wildman–Crippen MR) is 71.9 cm³/mol. The van der Waals surface area contributed by atoms with Gasteiger partial charge in [0.25, 0.3) is 0 Å². The number of carbonyl (C=O) groups is 1. The molecule has 0 aliphatic heterocycles. The number of nitrogens with one attached hydrogen (secondary N) is 1. The van der Waals surface area contributed by atoms with Crippen LogP contribution in [0.2, 0.25) is 0 Å². The van der Waals surface area contributed by atoms with Crippen molar-refractivity contribution in [3.05, 3.63) is 23.7 Å². The third kappa shape index (κ3) is 5.53. The Kier molecular flexibility index (Phi) is 8.45. The van der Waals surface area contributed by atoms with E-state index in [4.69, 9.17) is 9.15 Å². The van der Waals surface area contributed by atoms with Gasteiger partial charge in [-0.15, -0.1) is 12.4 Å². The van der Waals surface area contributed by atoms with Crippen molar-refractivity contribution in [3.63, 3.8) is 0 Å². The van der Waals surface area contributed by atoms with Crippen molar-refractivity contribution in [1.29, 1.82) is 0 Å². The Balaban J connectivity index is 0.00000289. The Labute approximate surface area is 114 Å². The molecular formula is C12H21ClN2O3. The molecule has 0 saturated heterocycles. The van der Waals surface area contributed by atoms with Crippen LogP contribution in [0.3, 0.4) is 0 Å². The first-order chi connectivity index (χ1) is 8.17. The minimum atomic E-state index is 0. The number of hydrogen-bond acceptors (Lipinski definition) is 4. The molecule has 0 radical (unpaired) electrons. The van der Waals surface area contributed by atoms with Gasteiger partial charge in [0.05, 0.1) is 19.7 Å². The summed E-state index contributed by atoms with van der Waals surface area (Å²) in [6.07, 6.45) is 0. The van der Waals surface area contributed by atoms with E-state index in [1.165, 1.54) is 0 Å². The van der Waals surface area contributed by atoms with Gasteiger partial charge in [-0.05, 0) is 26.1 Å². The summed E-state index contributed by atoms with van der Waals surface area (Å²) in [5.74, 6) is 1.69. The van der Waals surface area contributed by atoms with E-state index >= 15 is 0 Å². The molecule has 5 nitrogen and oxygen atoms in total. The smallest absolute Gasteiger partial charge is 0.237 e. The number of furan rings is 1. The van der Waals surface area contributed by atoms with Crippen molar-refractivity contribution < 1.29 is 13.9 Å². The van der Waals surface area contributed by atoms with Gasteiger partial charge in [-0.2, -0.15) is 0 Å². The monoisotopic (exact) mass is 276 g/mol. The first-order valence-electron chi connectivity index (χ1n) is 5.64. The number of carbonyl (C=O) groups excluding carboxylic acids is 1. The molecule has 18 heavy (non-hydrogen) atoms. The highest BCUT2D eigenvalue weighted by Crippen LogP contribution is 2.09. The van der Waals surface area contributed by atoms with Crippen molar-refractivity contribution in [3.8, 4) is 0 Å². The largest absolute Gasteiger partial charge is 0.464 e. The van der Waals surface area contributed by atoms with Crippen LogP contribution in [-0.4, -0.2) is 44.7 Å². The molecule has 0 aliphatic rings. The lowest BCUT2D eigenvalue weighted by Crippen LogP contribution is -2.38. The number of nitrogens with zero attached hydrogens (tertiary/aromatic N) is 1. The van der Waals surface area contributed by atoms with E-state index in [2.05, 4.69) is 5.32 Å². The fourth-order valence-electron chi connectivity index (χ4n) is 1.51. The highest BCUT2D eigenvalue weighted by molar-refractivity contribution is 5.85. The number of likely N-dealkylation sites (N-methyl/N-ethyl adjacent to an activating group) is 1. The molecule has 1 aromatic rings. The second-order valence-corrected chi connectivity index (χ2v) is 3.85. The van der Waals surface area contributed by atoms with Crippen LogP contribution < -0.4 is 5.32 Å². The van der Waals surface area contributed by atoms with Crippen LogP contribution >= 0.6 is 12.4 Å². The molecule has 0 unspecified atom stereocenters. The maximum atomic E-state index is 11.8. The molecule has 1 amide bonds. The van der Waals surface area contributed by atoms with Gasteiger partial charge in [0.2, 0.25) is 5.91 Å². The minimum Gasteiger partial charge on any atom is -0.464 e. The molecule has 0 bridgehead atoms. The number of amides is 1. The van der Waals surface area contributed by atoms with Gasteiger partial charge >= 0.3 is 0 Å². The zero-order chi connectivity index (χ0) is 12.7. The Morgan fingerprint density at radius 3 is 2.72 bits per heavy atom. The van der Waals surface area contributed by atoms with Gasteiger partial charge in [-0.1, -0.05) is 0 Å². The molecule has 0 aliphatic carbocycles. The van der Waals surface area contributed by atoms with Gasteiger partial charge in [0, 0.05) is 13.7 Å². The number of methoxy groups -OCH3 is 1. The molecule has 1 aromatic heterocycles. The minimum absolute atomic E-state index is 0. The summed E-state index contributed by atoms with van der Waals surface area (Å²) >= 11 is 0. The van der Waals surface area contributed by atoms with Crippen molar-refractivity contribution >= 4 is 18.3 Å². The summed E-state index contributed by atoms with van der Waals surface area (Å²) in [6, 6.07) is 3.79. The highest BCUT2D eigenvalue weighted by Gasteiger charge is 2.14. The number of aryl methyl sites for hydroxylation is 1. The fraction of sp³-hybridized carbons (Fsp3) is 0.583. The molecule has 0 spiro atoms. The second kappa shape index (κ2) is 8.97. The van der Waals surface area contributed by atoms with Crippen LogP contribution in [0, 0.1) is 6.92 Å². The summed E-state index contributed by atoms with van der Waals surface area (Å²) in [6.45, 7) is 3.78. The summed E-state index contributed by atoms with van der Waals surface area (Å²) in [5, 5.41) is 2.85. The van der Waals surface area contributed by atoms with Gasteiger partial charge in [0.1, 0.15) is 11.5 Å². The van der Waals surface area contributed by atoms with Gasteiger partial charge in [-0.3, -0.25) is 4.79 Å². The van der Waals surface area contributed by atoms with Crippen LogP contribution in [0.4, 0.5) is 0 Å². The van der Waals surface area contributed by atoms with Crippen molar-refractivity contribution in [2.75, 3.05) is 33.9 Å². The third-order valence-corrected chi connectivity index (χ3v) is 2.39. The number of halogens is 1. The maximum Gasteiger partial charge on any atom is 0.237 e. The maximum absolute atomic E-state index is 11.8. The van der Waals surface area contributed by atoms with E-state index in [1.54, 1.807) is 19.1 Å². The third-order valence-electron chi connectivity index (χ3n) is 2.39. The Morgan fingerprint density at radius 1 is 1.50 bits per heavy atom. The normalized spacial score (nSPS) is 9.94. The molecule has 0 atom stereocenters. The Hall–Kier alpha value is -1.04. The summed E-state index contributed by atoms with van der Waals surface area (Å²) in [5.41, 5.74) is 0. The number of hydrogen-bond donors (Lipinski definition) is 1. The summed E-state index contributed by atoms with van der Waals surface area (Å²) < 4.78 is 10.5. The van der Waals surface area contributed by atoms with Crippen LogP contribution in [0.5, 0.6) is 0 Å². The molecule has 104 valence electrons. The molecule has 0 aromatic carbocycles. The van der Waals surface area contributed by atoms with E-state index in [1.807, 2.05) is 19.1 Å². The Bertz CT molecular complexity index is 355. The lowest BCUT2D eigenvalue weighted by molar-refractivity contribution is -0.131. The van der Waals surface area contributed by atoms with E-state index in [-0.39, 0.29) is 18.3 Å². The molecule has 1 N–H and O–H groups in total. The molecule has 1 heterocycles. The topological polar surface area (TPSA) is 54.7 Å². The molecule has 0 fully saturated rings. The standard InChI is InChI=1S/C12H20N2O3.ClH/c1-10-4-5-11(17-10)9-14(6-7-16-3)12(15)8-13-2;/h4-5,13H,6-9H2,1-3H3;1H. The van der Waals surface area contributed by atoms with E-state index < -0.39 is 0 Å². The lowest BCUT2D eigenvalue weighted by atomic mass is 10.3. The van der Waals surface area contributed by atoms with E-state index in [9.17, 15) is 4.79 Å². The molecule has 0 saturated carbocycles. The molecule has 1 rings (SSSR count). The molecular weight excluding hydrogens is 256 g/mol. The SMILES string of the molecule is CNCC(=O)N(CCOC)Cc1ccc(C)o1.Cl. The van der Waals surface area contributed by atoms with Crippen LogP contribution in [0.1, 0.15) is 11.5 Å². The zero-order valence-corrected chi connectivity index (χ0v) is 11.9. The summed E-state index contributed by atoms with van der Waals surface area (Å²) in [7, 11) is 3.38. The zero-order valence-electron chi connectivity index (χ0n) is 11.1. The van der Waals surface area contributed by atoms with Gasteiger partial charge in [-0.25, -0.2) is 0 Å². The lowest BCUT2D eigenvalue weighted by Gasteiger charge is -2.21. The number of ether oxygens (including phenoxy) is 1. The molecule has 6 heteroatoms. The van der Waals surface area contributed by atoms with Gasteiger partial charge in [0.15, 0.2) is 0 Å². The summed E-state index contributed by atoms with van der Waals surface area (Å²) in [4.78, 5) is 13.5. The quantitative estimate of drug-likeness (QED) is 0.813. The second-order valence-electron chi connectivity index (χ2n) is 3.85. The van der Waals surface area contributed by atoms with Gasteiger partial charge < -0.3 is 19.4 Å². The predicted octanol–water partition coefficient (Wildman–Crippen LogP) is 1.20. The highest BCUT2D eigenvalue weighted by atomic mass is 35.5. The first kappa shape index (κ1) is 17.0. The van der Waals surface area contributed by atoms with E-state index in [0.29, 0.717) is 26.2 Å². The average molecular weight is 277 g/mol. The van der Waals surface area contributed by atoms with Crippen molar-refractivity contribution in [2.45, 2.75) is 13.5 Å². The van der Waals surface area contributed by atoms with Crippen LogP contribution in [-0.2, 0) is 16.1 Å². The fourth-order valence-corrected chi connectivity index (χ4v) is 1.51. The number of rotatable bonds is 7. The average Bonchev–Trinajstić information content (AvgIpc) is 2.70. The van der Waals surface area contributed by atoms with Crippen LogP contribution in [0.15, 0.2) is 16.5 Å². The van der Waals surface area contributed by atoms with E-state index in [0.717, 1.165) is 11.5 Å². The first-order valence-corrected chi connectivity index (χ1v) is 5.64. The van der Waals surface area contributed by atoms with Crippen molar-refractivity contribution in [2.24, 2.45) is 0 Å². The van der Waals surface area contributed by atoms with Crippen molar-refractivity contribution in [1.82, 2.24) is 10.2 Å². The Morgan fingerprint density at radius 2 is 2.22 bits per heavy atom. The van der Waals surface area contributed by atoms with Crippen LogP contribution in [0.25, 0.3) is 0 Å².